The number of rotatable bonds is 5. The molecule has 0 unspecified atom stereocenters. The van der Waals surface area contributed by atoms with Crippen molar-refractivity contribution in [2.45, 2.75) is 18.1 Å². The summed E-state index contributed by atoms with van der Waals surface area (Å²) >= 11 is 5.35. The van der Waals surface area contributed by atoms with Gasteiger partial charge in [0.2, 0.25) is 0 Å². The van der Waals surface area contributed by atoms with E-state index in [1.807, 2.05) is 30.0 Å². The first kappa shape index (κ1) is 16.8. The standard InChI is InChI=1S/C16H20BrN3O2S/c1-20-15(13-3-2-11(17)10-14(13)19-20)16(21)18-6-9-23-12-4-7-22-8-5-12/h2-3,10,12H,4-9H2,1H3,(H,18,21). The van der Waals surface area contributed by atoms with Gasteiger partial charge >= 0.3 is 0 Å². The number of fused-ring (bicyclic) bond motifs is 1. The van der Waals surface area contributed by atoms with Gasteiger partial charge in [-0.1, -0.05) is 15.9 Å². The molecule has 124 valence electrons. The predicted molar refractivity (Wildman–Crippen MR) is 97.0 cm³/mol. The lowest BCUT2D eigenvalue weighted by atomic mass is 10.2. The number of thioether (sulfide) groups is 1. The second-order valence-corrected chi connectivity index (χ2v) is 7.90. The molecule has 0 saturated carbocycles. The van der Waals surface area contributed by atoms with Crippen LogP contribution in [-0.2, 0) is 11.8 Å². The van der Waals surface area contributed by atoms with Gasteiger partial charge in [-0.05, 0) is 31.0 Å². The molecular weight excluding hydrogens is 378 g/mol. The topological polar surface area (TPSA) is 56.2 Å². The Bertz CT molecular complexity index is 698. The van der Waals surface area contributed by atoms with Crippen LogP contribution in [0.5, 0.6) is 0 Å². The van der Waals surface area contributed by atoms with Gasteiger partial charge in [0.25, 0.3) is 5.91 Å². The lowest BCUT2D eigenvalue weighted by Crippen LogP contribution is -2.28. The normalized spacial score (nSPS) is 15.9. The molecule has 1 fully saturated rings. The highest BCUT2D eigenvalue weighted by atomic mass is 79.9. The number of benzene rings is 1. The maximum atomic E-state index is 12.5. The number of halogens is 1. The third kappa shape index (κ3) is 4.08. The Labute approximate surface area is 148 Å². The third-order valence-electron chi connectivity index (χ3n) is 3.92. The number of ether oxygens (including phenoxy) is 1. The molecule has 0 spiro atoms. The number of aromatic nitrogens is 2. The highest BCUT2D eigenvalue weighted by Crippen LogP contribution is 2.23. The van der Waals surface area contributed by atoms with Gasteiger partial charge in [-0.3, -0.25) is 9.48 Å². The number of hydrogen-bond acceptors (Lipinski definition) is 4. The van der Waals surface area contributed by atoms with Crippen LogP contribution >= 0.6 is 27.7 Å². The summed E-state index contributed by atoms with van der Waals surface area (Å²) in [5.41, 5.74) is 1.44. The number of aryl methyl sites for hydroxylation is 1. The second kappa shape index (κ2) is 7.68. The minimum atomic E-state index is -0.0649. The van der Waals surface area contributed by atoms with Crippen molar-refractivity contribution < 1.29 is 9.53 Å². The molecule has 1 N–H and O–H groups in total. The van der Waals surface area contributed by atoms with E-state index in [1.54, 1.807) is 11.7 Å². The number of carbonyl (C=O) groups excluding carboxylic acids is 1. The Morgan fingerprint density at radius 3 is 3.04 bits per heavy atom. The predicted octanol–water partition coefficient (Wildman–Crippen LogP) is 2.98. The number of amides is 1. The first-order valence-corrected chi connectivity index (χ1v) is 9.59. The Hall–Kier alpha value is -1.05. The molecule has 1 saturated heterocycles. The van der Waals surface area contributed by atoms with Gasteiger partial charge in [0.1, 0.15) is 5.69 Å². The van der Waals surface area contributed by atoms with Crippen LogP contribution in [0, 0.1) is 0 Å². The van der Waals surface area contributed by atoms with Crippen molar-refractivity contribution in [3.63, 3.8) is 0 Å². The molecule has 0 atom stereocenters. The zero-order valence-electron chi connectivity index (χ0n) is 13.0. The summed E-state index contributed by atoms with van der Waals surface area (Å²) in [6, 6.07) is 5.78. The number of nitrogens with zero attached hydrogens (tertiary/aromatic N) is 2. The van der Waals surface area contributed by atoms with E-state index in [-0.39, 0.29) is 5.91 Å². The molecule has 1 aliphatic rings. The zero-order valence-corrected chi connectivity index (χ0v) is 15.5. The van der Waals surface area contributed by atoms with E-state index in [9.17, 15) is 4.79 Å². The minimum Gasteiger partial charge on any atom is -0.381 e. The van der Waals surface area contributed by atoms with E-state index >= 15 is 0 Å². The Morgan fingerprint density at radius 1 is 1.48 bits per heavy atom. The third-order valence-corrected chi connectivity index (χ3v) is 5.80. The highest BCUT2D eigenvalue weighted by Gasteiger charge is 2.17. The van der Waals surface area contributed by atoms with Gasteiger partial charge < -0.3 is 10.1 Å². The monoisotopic (exact) mass is 397 g/mol. The van der Waals surface area contributed by atoms with E-state index in [4.69, 9.17) is 4.74 Å². The van der Waals surface area contributed by atoms with Crippen molar-refractivity contribution in [2.75, 3.05) is 25.5 Å². The lowest BCUT2D eigenvalue weighted by Gasteiger charge is -2.21. The van der Waals surface area contributed by atoms with Crippen LogP contribution < -0.4 is 5.32 Å². The van der Waals surface area contributed by atoms with Crippen molar-refractivity contribution in [1.29, 1.82) is 0 Å². The fourth-order valence-corrected chi connectivity index (χ4v) is 4.19. The average Bonchev–Trinajstić information content (AvgIpc) is 2.87. The maximum Gasteiger partial charge on any atom is 0.270 e. The van der Waals surface area contributed by atoms with Gasteiger partial charge in [-0.15, -0.1) is 0 Å². The van der Waals surface area contributed by atoms with Gasteiger partial charge in [-0.2, -0.15) is 16.9 Å². The molecular formula is C16H20BrN3O2S. The molecule has 1 aromatic carbocycles. The van der Waals surface area contributed by atoms with Gasteiger partial charge in [0, 0.05) is 47.7 Å². The SMILES string of the molecule is Cn1nc2cc(Br)ccc2c1C(=O)NCCSC1CCOCC1. The molecule has 7 heteroatoms. The average molecular weight is 398 g/mol. The molecule has 2 heterocycles. The summed E-state index contributed by atoms with van der Waals surface area (Å²) in [6.07, 6.45) is 2.22. The molecule has 3 rings (SSSR count). The molecule has 1 aliphatic heterocycles. The van der Waals surface area contributed by atoms with Gasteiger partial charge in [0.15, 0.2) is 0 Å². The van der Waals surface area contributed by atoms with Crippen molar-refractivity contribution in [3.05, 3.63) is 28.4 Å². The van der Waals surface area contributed by atoms with E-state index in [2.05, 4.69) is 26.3 Å². The van der Waals surface area contributed by atoms with Gasteiger partial charge in [0.05, 0.1) is 5.52 Å². The molecule has 2 aromatic rings. The molecule has 1 amide bonds. The molecule has 0 radical (unpaired) electrons. The van der Waals surface area contributed by atoms with Crippen LogP contribution in [0.4, 0.5) is 0 Å². The highest BCUT2D eigenvalue weighted by molar-refractivity contribution is 9.10. The van der Waals surface area contributed by atoms with Gasteiger partial charge in [-0.25, -0.2) is 0 Å². The molecule has 5 nitrogen and oxygen atoms in total. The van der Waals surface area contributed by atoms with E-state index in [1.165, 1.54) is 0 Å². The summed E-state index contributed by atoms with van der Waals surface area (Å²) in [4.78, 5) is 12.5. The quantitative estimate of drug-likeness (QED) is 0.787. The smallest absolute Gasteiger partial charge is 0.270 e. The van der Waals surface area contributed by atoms with E-state index in [0.29, 0.717) is 17.5 Å². The van der Waals surface area contributed by atoms with Crippen LogP contribution in [0.3, 0.4) is 0 Å². The van der Waals surface area contributed by atoms with Crippen LogP contribution in [-0.4, -0.2) is 46.4 Å². The summed E-state index contributed by atoms with van der Waals surface area (Å²) in [7, 11) is 1.81. The Balaban J connectivity index is 1.57. The molecule has 23 heavy (non-hydrogen) atoms. The summed E-state index contributed by atoms with van der Waals surface area (Å²) in [5, 5.41) is 8.95. The first-order valence-electron chi connectivity index (χ1n) is 7.75. The van der Waals surface area contributed by atoms with E-state index < -0.39 is 0 Å². The van der Waals surface area contributed by atoms with Crippen molar-refractivity contribution >= 4 is 44.5 Å². The van der Waals surface area contributed by atoms with Crippen LogP contribution in [0.15, 0.2) is 22.7 Å². The lowest BCUT2D eigenvalue weighted by molar-refractivity contribution is 0.0947. The van der Waals surface area contributed by atoms with Crippen molar-refractivity contribution in [2.24, 2.45) is 7.05 Å². The van der Waals surface area contributed by atoms with Crippen LogP contribution in [0.1, 0.15) is 23.3 Å². The molecule has 1 aromatic heterocycles. The molecule has 0 bridgehead atoms. The largest absolute Gasteiger partial charge is 0.381 e. The maximum absolute atomic E-state index is 12.5. The second-order valence-electron chi connectivity index (χ2n) is 5.57. The fourth-order valence-electron chi connectivity index (χ4n) is 2.76. The number of hydrogen-bond donors (Lipinski definition) is 1. The Kier molecular flexibility index (Phi) is 5.61. The van der Waals surface area contributed by atoms with E-state index in [0.717, 1.165) is 47.2 Å². The minimum absolute atomic E-state index is 0.0649. The zero-order chi connectivity index (χ0) is 16.2. The first-order chi connectivity index (χ1) is 11.1. The summed E-state index contributed by atoms with van der Waals surface area (Å²) < 4.78 is 7.97. The van der Waals surface area contributed by atoms with Crippen LogP contribution in [0.25, 0.3) is 10.9 Å². The number of carbonyl (C=O) groups is 1. The molecule has 0 aliphatic carbocycles. The van der Waals surface area contributed by atoms with Crippen LogP contribution in [0.2, 0.25) is 0 Å². The number of nitrogens with one attached hydrogen (secondary N) is 1. The summed E-state index contributed by atoms with van der Waals surface area (Å²) in [6.45, 7) is 2.39. The van der Waals surface area contributed by atoms with Crippen molar-refractivity contribution in [1.82, 2.24) is 15.1 Å². The van der Waals surface area contributed by atoms with Crippen molar-refractivity contribution in [3.8, 4) is 0 Å². The summed E-state index contributed by atoms with van der Waals surface area (Å²) in [5.74, 6) is 0.863. The Morgan fingerprint density at radius 2 is 2.26 bits per heavy atom. The fraction of sp³-hybridized carbons (Fsp3) is 0.500.